The molecule has 0 aromatic heterocycles. The Hall–Kier alpha value is -3.45. The zero-order chi connectivity index (χ0) is 25.3. The van der Waals surface area contributed by atoms with Crippen LogP contribution in [0.4, 0.5) is 0 Å². The van der Waals surface area contributed by atoms with Crippen LogP contribution in [0.1, 0.15) is 34.1 Å². The molecule has 0 N–H and O–H groups in total. The highest BCUT2D eigenvalue weighted by Crippen LogP contribution is 2.65. The summed E-state index contributed by atoms with van der Waals surface area (Å²) in [5.74, 6) is -1.31. The van der Waals surface area contributed by atoms with Gasteiger partial charge in [0, 0.05) is 16.1 Å². The molecule has 7 atom stereocenters. The Kier molecular flexibility index (Phi) is 5.30. The Labute approximate surface area is 213 Å². The molecular formula is C28H25ClN2O5. The number of imide groups is 1. The van der Waals surface area contributed by atoms with Crippen LogP contribution in [-0.4, -0.2) is 46.7 Å². The van der Waals surface area contributed by atoms with E-state index in [0.29, 0.717) is 28.2 Å². The monoisotopic (exact) mass is 504 g/mol. The lowest BCUT2D eigenvalue weighted by Crippen LogP contribution is -2.56. The van der Waals surface area contributed by atoms with Crippen LogP contribution < -0.4 is 4.74 Å². The van der Waals surface area contributed by atoms with Crippen LogP contribution in [0.3, 0.4) is 0 Å². The molecule has 2 aromatic carbocycles. The first kappa shape index (κ1) is 23.0. The van der Waals surface area contributed by atoms with Gasteiger partial charge in [-0.1, -0.05) is 23.8 Å². The van der Waals surface area contributed by atoms with Crippen molar-refractivity contribution in [3.63, 3.8) is 0 Å². The SMILES string of the molecule is COc1ccc(C(=O)[C@H](C)N(C(=O)c2ccc(Cl)cc2)N2C(=O)[C@@H]3[C@H]4C=C[C@@H]([C@@H]5C[C@H]45)[C@H]3C2=O)cc1. The number of methoxy groups -OCH3 is 1. The molecule has 8 heteroatoms. The fraction of sp³-hybridized carbons (Fsp3) is 0.357. The molecule has 3 amide bonds. The van der Waals surface area contributed by atoms with E-state index >= 15 is 0 Å². The molecule has 3 fully saturated rings. The maximum absolute atomic E-state index is 13.8. The van der Waals surface area contributed by atoms with E-state index in [-0.39, 0.29) is 23.2 Å². The second-order valence-electron chi connectivity index (χ2n) is 10.1. The fourth-order valence-corrected chi connectivity index (χ4v) is 6.55. The number of hydrogen-bond donors (Lipinski definition) is 0. The molecule has 1 aliphatic heterocycles. The number of carbonyl (C=O) groups is 4. The predicted octanol–water partition coefficient (Wildman–Crippen LogP) is 4.03. The van der Waals surface area contributed by atoms with Crippen molar-refractivity contribution in [3.8, 4) is 5.75 Å². The first-order valence-electron chi connectivity index (χ1n) is 12.1. The first-order valence-corrected chi connectivity index (χ1v) is 12.5. The van der Waals surface area contributed by atoms with Crippen LogP contribution in [-0.2, 0) is 9.59 Å². The number of hydrogen-bond acceptors (Lipinski definition) is 5. The minimum atomic E-state index is -1.10. The second kappa shape index (κ2) is 8.30. The lowest BCUT2D eigenvalue weighted by Gasteiger charge is -2.37. The number of carbonyl (C=O) groups excluding carboxylic acids is 4. The molecule has 2 bridgehead atoms. The van der Waals surface area contributed by atoms with E-state index in [1.54, 1.807) is 43.3 Å². The molecule has 2 saturated carbocycles. The number of halogens is 1. The largest absolute Gasteiger partial charge is 0.497 e. The van der Waals surface area contributed by atoms with Gasteiger partial charge >= 0.3 is 0 Å². The number of Topliss-reactive ketones (excluding diaryl/α,β-unsaturated/α-hetero) is 1. The smallest absolute Gasteiger partial charge is 0.273 e. The van der Waals surface area contributed by atoms with Crippen molar-refractivity contribution in [2.75, 3.05) is 7.11 Å². The average molecular weight is 505 g/mol. The minimum Gasteiger partial charge on any atom is -0.497 e. The third-order valence-electron chi connectivity index (χ3n) is 8.28. The van der Waals surface area contributed by atoms with E-state index in [1.165, 1.54) is 19.2 Å². The highest BCUT2D eigenvalue weighted by atomic mass is 35.5. The molecule has 5 aliphatic rings. The number of amides is 3. The maximum Gasteiger partial charge on any atom is 0.273 e. The highest BCUT2D eigenvalue weighted by Gasteiger charge is 2.68. The van der Waals surface area contributed by atoms with Crippen molar-refractivity contribution in [1.82, 2.24) is 10.0 Å². The molecule has 0 spiro atoms. The van der Waals surface area contributed by atoms with Gasteiger partial charge < -0.3 is 4.74 Å². The summed E-state index contributed by atoms with van der Waals surface area (Å²) in [7, 11) is 1.53. The molecule has 36 heavy (non-hydrogen) atoms. The predicted molar refractivity (Wildman–Crippen MR) is 131 cm³/mol. The summed E-state index contributed by atoms with van der Waals surface area (Å²) >= 11 is 6.01. The van der Waals surface area contributed by atoms with Gasteiger partial charge in [-0.25, -0.2) is 5.01 Å². The van der Waals surface area contributed by atoms with Gasteiger partial charge in [0.2, 0.25) is 0 Å². The highest BCUT2D eigenvalue weighted by molar-refractivity contribution is 6.30. The van der Waals surface area contributed by atoms with E-state index in [9.17, 15) is 19.2 Å². The Bertz CT molecular complexity index is 1270. The van der Waals surface area contributed by atoms with Crippen LogP contribution >= 0.6 is 11.6 Å². The molecular weight excluding hydrogens is 480 g/mol. The van der Waals surface area contributed by atoms with Crippen molar-refractivity contribution in [3.05, 3.63) is 76.8 Å². The van der Waals surface area contributed by atoms with Crippen LogP contribution in [0.25, 0.3) is 0 Å². The summed E-state index contributed by atoms with van der Waals surface area (Å²) in [5, 5.41) is 2.47. The number of ketones is 1. The lowest BCUT2D eigenvalue weighted by atomic mass is 9.63. The zero-order valence-corrected chi connectivity index (χ0v) is 20.6. The van der Waals surface area contributed by atoms with Crippen LogP contribution in [0.5, 0.6) is 5.75 Å². The topological polar surface area (TPSA) is 84.0 Å². The lowest BCUT2D eigenvalue weighted by molar-refractivity contribution is -0.156. The van der Waals surface area contributed by atoms with Crippen molar-refractivity contribution in [2.45, 2.75) is 19.4 Å². The summed E-state index contributed by atoms with van der Waals surface area (Å²) < 4.78 is 5.17. The summed E-state index contributed by atoms with van der Waals surface area (Å²) in [6, 6.07) is 11.6. The molecule has 1 saturated heterocycles. The summed E-state index contributed by atoms with van der Waals surface area (Å²) in [4.78, 5) is 55.0. The number of rotatable bonds is 6. The van der Waals surface area contributed by atoms with Crippen LogP contribution in [0.2, 0.25) is 5.02 Å². The van der Waals surface area contributed by atoms with Gasteiger partial charge in [0.15, 0.2) is 5.78 Å². The quantitative estimate of drug-likeness (QED) is 0.337. The molecule has 1 heterocycles. The normalized spacial score (nSPS) is 30.0. The molecule has 184 valence electrons. The Balaban J connectivity index is 1.38. The summed E-state index contributed by atoms with van der Waals surface area (Å²) in [6.45, 7) is 1.55. The minimum absolute atomic E-state index is 0.00605. The van der Waals surface area contributed by atoms with Gasteiger partial charge in [-0.15, -0.1) is 0 Å². The maximum atomic E-state index is 13.8. The number of hydrazine groups is 1. The third-order valence-corrected chi connectivity index (χ3v) is 8.53. The zero-order valence-electron chi connectivity index (χ0n) is 19.8. The number of ether oxygens (including phenoxy) is 1. The number of nitrogens with zero attached hydrogens (tertiary/aromatic N) is 2. The van der Waals surface area contributed by atoms with E-state index in [4.69, 9.17) is 16.3 Å². The fourth-order valence-electron chi connectivity index (χ4n) is 6.43. The molecule has 7 nitrogen and oxygen atoms in total. The molecule has 0 radical (unpaired) electrons. The second-order valence-corrected chi connectivity index (χ2v) is 10.5. The molecule has 2 aromatic rings. The van der Waals surface area contributed by atoms with Crippen LogP contribution in [0.15, 0.2) is 60.7 Å². The Morgan fingerprint density at radius 2 is 1.44 bits per heavy atom. The van der Waals surface area contributed by atoms with Crippen LogP contribution in [0, 0.1) is 35.5 Å². The molecule has 0 unspecified atom stereocenters. The molecule has 7 rings (SSSR count). The van der Waals surface area contributed by atoms with Crippen molar-refractivity contribution < 1.29 is 23.9 Å². The van der Waals surface area contributed by atoms with Gasteiger partial charge in [0.25, 0.3) is 17.7 Å². The third kappa shape index (κ3) is 3.33. The molecule has 4 aliphatic carbocycles. The van der Waals surface area contributed by atoms with Crippen molar-refractivity contribution in [1.29, 1.82) is 0 Å². The Morgan fingerprint density at radius 3 is 1.97 bits per heavy atom. The van der Waals surface area contributed by atoms with Gasteiger partial charge in [0.05, 0.1) is 18.9 Å². The van der Waals surface area contributed by atoms with E-state index in [0.717, 1.165) is 16.4 Å². The van der Waals surface area contributed by atoms with Gasteiger partial charge in [-0.05, 0) is 85.5 Å². The van der Waals surface area contributed by atoms with Crippen molar-refractivity contribution >= 4 is 35.1 Å². The van der Waals surface area contributed by atoms with E-state index in [1.807, 2.05) is 0 Å². The summed E-state index contributed by atoms with van der Waals surface area (Å²) in [6.07, 6.45) is 5.19. The van der Waals surface area contributed by atoms with Gasteiger partial charge in [0.1, 0.15) is 11.8 Å². The van der Waals surface area contributed by atoms with Gasteiger partial charge in [-0.3, -0.25) is 19.2 Å². The standard InChI is InChI=1S/C28H25ClN2O5/c1-14(25(32)15-5-9-18(36-2)10-6-15)30(26(33)16-3-7-17(29)8-4-16)31-27(34)23-19-11-12-20(22-13-21(19)22)24(23)28(31)35/h3-12,14,19-24H,13H2,1-2H3/t14-,19-,20-,21-,22+,23+,24+/m0/s1. The average Bonchev–Trinajstić information content (AvgIpc) is 3.68. The van der Waals surface area contributed by atoms with Crippen molar-refractivity contribution in [2.24, 2.45) is 35.5 Å². The van der Waals surface area contributed by atoms with E-state index < -0.39 is 35.6 Å². The Morgan fingerprint density at radius 1 is 0.917 bits per heavy atom. The summed E-state index contributed by atoms with van der Waals surface area (Å²) in [5.41, 5.74) is 0.574. The number of benzene rings is 2. The number of allylic oxidation sites excluding steroid dienone is 2. The first-order chi connectivity index (χ1) is 17.3. The van der Waals surface area contributed by atoms with E-state index in [2.05, 4.69) is 12.2 Å². The van der Waals surface area contributed by atoms with Gasteiger partial charge in [-0.2, -0.15) is 5.01 Å².